The van der Waals surface area contributed by atoms with Crippen LogP contribution in [0.15, 0.2) is 0 Å². The van der Waals surface area contributed by atoms with E-state index in [1.54, 1.807) is 0 Å². The molecule has 1 fully saturated rings. The summed E-state index contributed by atoms with van der Waals surface area (Å²) in [6.07, 6.45) is 3.63. The molecule has 0 spiro atoms. The van der Waals surface area contributed by atoms with Crippen LogP contribution in [0, 0.1) is 5.41 Å². The summed E-state index contributed by atoms with van der Waals surface area (Å²) >= 11 is 0. The predicted molar refractivity (Wildman–Crippen MR) is 72.9 cm³/mol. The number of rotatable bonds is 4. The lowest BCUT2D eigenvalue weighted by atomic mass is 9.73. The zero-order chi connectivity index (χ0) is 13.3. The van der Waals surface area contributed by atoms with Gasteiger partial charge >= 0.3 is 0 Å². The minimum Gasteiger partial charge on any atom is -0.315 e. The van der Waals surface area contributed by atoms with Gasteiger partial charge in [0.15, 0.2) is 9.84 Å². The smallest absolute Gasteiger partial charge is 0.157 e. The third-order valence-corrected chi connectivity index (χ3v) is 7.20. The summed E-state index contributed by atoms with van der Waals surface area (Å²) in [4.78, 5) is 0. The van der Waals surface area contributed by atoms with Gasteiger partial charge in [0.05, 0.1) is 10.5 Å². The molecular weight excluding hydrogens is 234 g/mol. The van der Waals surface area contributed by atoms with Gasteiger partial charge in [0.2, 0.25) is 0 Å². The number of sulfone groups is 1. The topological polar surface area (TPSA) is 46.2 Å². The van der Waals surface area contributed by atoms with Gasteiger partial charge in [-0.1, -0.05) is 27.2 Å². The van der Waals surface area contributed by atoms with Gasteiger partial charge in [-0.05, 0) is 38.6 Å². The maximum atomic E-state index is 12.5. The van der Waals surface area contributed by atoms with Gasteiger partial charge in [-0.15, -0.1) is 0 Å². The summed E-state index contributed by atoms with van der Waals surface area (Å²) in [5, 5.41) is 2.81. The average molecular weight is 261 g/mol. The van der Waals surface area contributed by atoms with Crippen LogP contribution < -0.4 is 5.32 Å². The van der Waals surface area contributed by atoms with Crippen molar-refractivity contribution in [1.29, 1.82) is 0 Å². The van der Waals surface area contributed by atoms with E-state index >= 15 is 0 Å². The normalized spacial score (nSPS) is 31.1. The van der Waals surface area contributed by atoms with Gasteiger partial charge in [-0.3, -0.25) is 0 Å². The van der Waals surface area contributed by atoms with Crippen molar-refractivity contribution in [2.75, 3.05) is 7.05 Å². The first-order chi connectivity index (χ1) is 7.77. The van der Waals surface area contributed by atoms with Crippen LogP contribution in [0.5, 0.6) is 0 Å². The van der Waals surface area contributed by atoms with E-state index in [2.05, 4.69) is 19.2 Å². The Bertz CT molecular complexity index is 348. The molecule has 1 aliphatic rings. The van der Waals surface area contributed by atoms with E-state index in [4.69, 9.17) is 0 Å². The van der Waals surface area contributed by atoms with Gasteiger partial charge < -0.3 is 5.32 Å². The molecule has 17 heavy (non-hydrogen) atoms. The molecule has 1 N–H and O–H groups in total. The maximum absolute atomic E-state index is 12.5. The highest BCUT2D eigenvalue weighted by Crippen LogP contribution is 2.39. The summed E-state index contributed by atoms with van der Waals surface area (Å²) in [5.41, 5.74) is 0.0677. The van der Waals surface area contributed by atoms with E-state index in [-0.39, 0.29) is 22.0 Å². The summed E-state index contributed by atoms with van der Waals surface area (Å²) in [5.74, 6) is 0. The number of hydrogen-bond acceptors (Lipinski definition) is 3. The second-order valence-electron chi connectivity index (χ2n) is 5.99. The Morgan fingerprint density at radius 1 is 1.41 bits per heavy atom. The fraction of sp³-hybridized carbons (Fsp3) is 1.00. The predicted octanol–water partition coefficient (Wildman–Crippen LogP) is 2.37. The Kier molecular flexibility index (Phi) is 4.64. The van der Waals surface area contributed by atoms with Gasteiger partial charge in [-0.2, -0.15) is 0 Å². The Balaban J connectivity index is 3.03. The fourth-order valence-electron chi connectivity index (χ4n) is 3.05. The zero-order valence-electron chi connectivity index (χ0n) is 11.8. The molecule has 102 valence electrons. The third-order valence-electron chi connectivity index (χ3n) is 4.39. The minimum atomic E-state index is -3.01. The molecule has 0 radical (unpaired) electrons. The Hall–Kier alpha value is -0.0900. The van der Waals surface area contributed by atoms with E-state index in [9.17, 15) is 8.42 Å². The lowest BCUT2D eigenvalue weighted by Crippen LogP contribution is -2.55. The highest BCUT2D eigenvalue weighted by Gasteiger charge is 2.45. The van der Waals surface area contributed by atoms with E-state index < -0.39 is 9.84 Å². The van der Waals surface area contributed by atoms with E-state index in [0.717, 1.165) is 19.3 Å². The number of nitrogens with one attached hydrogen (secondary N) is 1. The molecule has 0 heterocycles. The summed E-state index contributed by atoms with van der Waals surface area (Å²) < 4.78 is 25.1. The molecule has 0 aliphatic heterocycles. The Morgan fingerprint density at radius 3 is 2.47 bits per heavy atom. The molecule has 3 atom stereocenters. The average Bonchev–Trinajstić information content (AvgIpc) is 2.26. The summed E-state index contributed by atoms with van der Waals surface area (Å²) in [6, 6.07) is 0.0789. The van der Waals surface area contributed by atoms with E-state index in [0.29, 0.717) is 6.42 Å². The maximum Gasteiger partial charge on any atom is 0.157 e. The minimum absolute atomic E-state index is 0.0677. The molecule has 1 aliphatic carbocycles. The van der Waals surface area contributed by atoms with Crippen LogP contribution in [0.2, 0.25) is 0 Å². The highest BCUT2D eigenvalue weighted by atomic mass is 32.2. The molecule has 0 aromatic rings. The van der Waals surface area contributed by atoms with Crippen molar-refractivity contribution in [2.45, 2.75) is 69.9 Å². The quantitative estimate of drug-likeness (QED) is 0.845. The van der Waals surface area contributed by atoms with Gasteiger partial charge in [-0.25, -0.2) is 8.42 Å². The molecule has 1 saturated carbocycles. The summed E-state index contributed by atoms with van der Waals surface area (Å²) in [7, 11) is -1.12. The molecular formula is C13H27NO2S. The molecule has 4 heteroatoms. The first kappa shape index (κ1) is 15.0. The van der Waals surface area contributed by atoms with Crippen LogP contribution in [0.4, 0.5) is 0 Å². The zero-order valence-corrected chi connectivity index (χ0v) is 12.6. The summed E-state index contributed by atoms with van der Waals surface area (Å²) in [6.45, 7) is 8.13. The lowest BCUT2D eigenvalue weighted by molar-refractivity contribution is 0.178. The Labute approximate surface area is 106 Å². The van der Waals surface area contributed by atoms with Crippen LogP contribution in [0.25, 0.3) is 0 Å². The van der Waals surface area contributed by atoms with Crippen molar-refractivity contribution in [3.63, 3.8) is 0 Å². The molecule has 0 aromatic heterocycles. The molecule has 0 saturated heterocycles. The molecule has 0 aromatic carbocycles. The van der Waals surface area contributed by atoms with Gasteiger partial charge in [0.1, 0.15) is 0 Å². The van der Waals surface area contributed by atoms with Crippen molar-refractivity contribution < 1.29 is 8.42 Å². The molecule has 3 unspecified atom stereocenters. The van der Waals surface area contributed by atoms with E-state index in [1.165, 1.54) is 0 Å². The van der Waals surface area contributed by atoms with Crippen LogP contribution in [0.1, 0.15) is 53.4 Å². The van der Waals surface area contributed by atoms with Crippen molar-refractivity contribution >= 4 is 9.84 Å². The molecule has 0 amide bonds. The standard InChI is InChI=1S/C13H27NO2S/c1-6-10(2)17(15,16)11-8-7-9-13(3,4)12(11)14-5/h10-12,14H,6-9H2,1-5H3. The lowest BCUT2D eigenvalue weighted by Gasteiger charge is -2.44. The molecule has 0 bridgehead atoms. The van der Waals surface area contributed by atoms with Crippen LogP contribution in [-0.2, 0) is 9.84 Å². The van der Waals surface area contributed by atoms with E-state index in [1.807, 2.05) is 20.9 Å². The van der Waals surface area contributed by atoms with Gasteiger partial charge in [0.25, 0.3) is 0 Å². The first-order valence-electron chi connectivity index (χ1n) is 6.67. The first-order valence-corrected chi connectivity index (χ1v) is 8.28. The number of hydrogen-bond donors (Lipinski definition) is 1. The monoisotopic (exact) mass is 261 g/mol. The largest absolute Gasteiger partial charge is 0.315 e. The molecule has 1 rings (SSSR count). The second-order valence-corrected chi connectivity index (χ2v) is 8.58. The van der Waals surface area contributed by atoms with Crippen molar-refractivity contribution in [3.05, 3.63) is 0 Å². The van der Waals surface area contributed by atoms with Gasteiger partial charge in [0, 0.05) is 6.04 Å². The van der Waals surface area contributed by atoms with Crippen LogP contribution >= 0.6 is 0 Å². The SMILES string of the molecule is CCC(C)S(=O)(=O)C1CCCC(C)(C)C1NC. The van der Waals surface area contributed by atoms with Crippen LogP contribution in [-0.4, -0.2) is 32.0 Å². The fourth-order valence-corrected chi connectivity index (χ4v) is 5.49. The third kappa shape index (κ3) is 2.84. The Morgan fingerprint density at radius 2 is 2.00 bits per heavy atom. The van der Waals surface area contributed by atoms with Crippen LogP contribution in [0.3, 0.4) is 0 Å². The van der Waals surface area contributed by atoms with Crippen molar-refractivity contribution in [3.8, 4) is 0 Å². The molecule has 3 nitrogen and oxygen atoms in total. The van der Waals surface area contributed by atoms with Crippen molar-refractivity contribution in [2.24, 2.45) is 5.41 Å². The van der Waals surface area contributed by atoms with Crippen molar-refractivity contribution in [1.82, 2.24) is 5.32 Å². The highest BCUT2D eigenvalue weighted by molar-refractivity contribution is 7.92. The second kappa shape index (κ2) is 5.27.